The molecule has 0 saturated carbocycles. The van der Waals surface area contributed by atoms with E-state index in [2.05, 4.69) is 441 Å². The first-order chi connectivity index (χ1) is 62.1. The van der Waals surface area contributed by atoms with Gasteiger partial charge in [-0.25, -0.2) is 0 Å². The van der Waals surface area contributed by atoms with E-state index in [1.54, 1.807) is 28.3 Å². The molecule has 7 aromatic rings. The van der Waals surface area contributed by atoms with E-state index in [-0.39, 0.29) is 51.6 Å². The number of hydrogen-bond donors (Lipinski definition) is 1. The molecular formula is C123H195N11O. The molecule has 0 atom stereocenters. The van der Waals surface area contributed by atoms with Crippen molar-refractivity contribution in [2.24, 2.45) is 16.7 Å². The fourth-order valence-electron chi connectivity index (χ4n) is 24.6. The molecule has 0 aliphatic carbocycles. The van der Waals surface area contributed by atoms with Crippen molar-refractivity contribution >= 4 is 39.8 Å². The van der Waals surface area contributed by atoms with Gasteiger partial charge in [-0.1, -0.05) is 212 Å². The van der Waals surface area contributed by atoms with Gasteiger partial charge in [0.2, 0.25) is 0 Å². The number of rotatable bonds is 4. The van der Waals surface area contributed by atoms with Crippen LogP contribution in [0.4, 0.5) is 39.8 Å². The third kappa shape index (κ3) is 25.4. The normalized spacial score (nSPS) is 20.6. The van der Waals surface area contributed by atoms with Gasteiger partial charge in [-0.05, 0) is 385 Å². The van der Waals surface area contributed by atoms with Gasteiger partial charge in [-0.2, -0.15) is 0 Å². The topological polar surface area (TPSA) is 55.9 Å². The number of hydrogen-bond acceptors (Lipinski definition) is 12. The Balaban J connectivity index is 0.000000152. The maximum absolute atomic E-state index is 9.95. The van der Waals surface area contributed by atoms with Crippen LogP contribution >= 0.6 is 0 Å². The molecule has 18 rings (SSSR count). The zero-order valence-electron chi connectivity index (χ0n) is 91.7. The minimum Gasteiger partial charge on any atom is -0.506 e. The molecule has 0 bridgehead atoms. The van der Waals surface area contributed by atoms with Crippen LogP contribution in [0.3, 0.4) is 0 Å². The second-order valence-electron chi connectivity index (χ2n) is 54.0. The Morgan fingerprint density at radius 2 is 0.556 bits per heavy atom. The molecule has 12 nitrogen and oxygen atoms in total. The minimum absolute atomic E-state index is 0. The standard InChI is InChI=1S/C22H36N2.C21H34N2.C20H32N2.C17H26N2.C15H23N.C14H21N.C13H19NO.CH4/c1-20(2,3)17-23-14-11-22(12-15-23)13-16-24(21(4,5)6)19-10-8-7-9-18(19)22;1-19(2,3)15-22-13-11-21(12-14-22)16-23(20(4,5)6)18-10-8-7-9-17(18)21;1-16(2)14-21-12-10-20(11-13-21)15-22(19(3,4)5)18-9-7-6-8-17(18)20;1-16(2,3)19-13-17(9-11-18(4)12-10-17)14-7-5-6-8-15(14)19;1-14(2,3)16-11-10-15(4,5)12-8-6-7-9-13(12)16;1-13(2,3)15-10-14(4,5)11-8-6-7-9-12(11)15;1-13(2,3)14-9-5-7-10-6-4-8-11(15)12(10)14;/h7-10H,11-17H2,1-6H3;7-10H,11-16H2,1-6H3;6-9,16H,10-15H2,1-5H3;5-8H,9-13H2,1-4H3;6-9H,10-11H2,1-5H3;6-9H,10H2,1-5H3;4,6,8,15H,5,7,9H2,1-3H3;1H4. The van der Waals surface area contributed by atoms with Gasteiger partial charge in [-0.3, -0.25) is 0 Å². The molecule has 0 aromatic heterocycles. The highest BCUT2D eigenvalue weighted by Gasteiger charge is 2.52. The second-order valence-corrected chi connectivity index (χ2v) is 54.0. The number of benzene rings is 7. The van der Waals surface area contributed by atoms with Gasteiger partial charge in [0.05, 0.1) is 5.69 Å². The Hall–Kier alpha value is -7.22. The van der Waals surface area contributed by atoms with E-state index in [0.29, 0.717) is 43.7 Å². The van der Waals surface area contributed by atoms with E-state index in [4.69, 9.17) is 0 Å². The molecule has 7 aromatic carbocycles. The molecule has 11 heterocycles. The fraction of sp³-hybridized carbons (Fsp3) is 0.659. The van der Waals surface area contributed by atoms with Gasteiger partial charge in [-0.15, -0.1) is 0 Å². The number of piperidine rings is 4. The number of nitrogens with zero attached hydrogens (tertiary/aromatic N) is 11. The zero-order valence-corrected chi connectivity index (χ0v) is 91.7. The van der Waals surface area contributed by atoms with Crippen LogP contribution in [0, 0.1) is 16.7 Å². The van der Waals surface area contributed by atoms with Crippen molar-refractivity contribution in [2.75, 3.05) is 159 Å². The third-order valence-electron chi connectivity index (χ3n) is 31.9. The summed E-state index contributed by atoms with van der Waals surface area (Å²) < 4.78 is 0. The van der Waals surface area contributed by atoms with Crippen LogP contribution in [-0.2, 0) is 38.9 Å². The fourth-order valence-corrected chi connectivity index (χ4v) is 24.6. The molecule has 1 N–H and O–H groups in total. The number of fused-ring (bicyclic) bond motifs is 11. The highest BCUT2D eigenvalue weighted by atomic mass is 16.3. The average Bonchev–Trinajstić information content (AvgIpc) is 1.59. The molecule has 4 spiro atoms. The van der Waals surface area contributed by atoms with Gasteiger partial charge >= 0.3 is 0 Å². The van der Waals surface area contributed by atoms with Gasteiger partial charge in [0, 0.05) is 165 Å². The summed E-state index contributed by atoms with van der Waals surface area (Å²) in [6, 6.07) is 60.1. The predicted octanol–water partition coefficient (Wildman–Crippen LogP) is 28.5. The summed E-state index contributed by atoms with van der Waals surface area (Å²) in [4.78, 5) is 28.4. The Kier molecular flexibility index (Phi) is 33.0. The monoisotopic (exact) mass is 1840 g/mol. The minimum atomic E-state index is 0. The smallest absolute Gasteiger partial charge is 0.139 e. The molecule has 0 radical (unpaired) electrons. The number of aryl methyl sites for hydroxylation is 1. The van der Waals surface area contributed by atoms with Crippen molar-refractivity contribution in [1.82, 2.24) is 19.6 Å². The molecule has 4 fully saturated rings. The summed E-state index contributed by atoms with van der Waals surface area (Å²) in [6.07, 6.45) is 15.2. The quantitative estimate of drug-likeness (QED) is 0.183. The van der Waals surface area contributed by atoms with Crippen LogP contribution in [0.1, 0.15) is 345 Å². The van der Waals surface area contributed by atoms with Gasteiger partial charge in [0.25, 0.3) is 0 Å². The van der Waals surface area contributed by atoms with Crippen LogP contribution < -0.4 is 34.3 Å². The average molecular weight is 1840 g/mol. The Labute approximate surface area is 827 Å². The lowest BCUT2D eigenvalue weighted by Crippen LogP contribution is -2.52. The molecule has 4 saturated heterocycles. The summed E-state index contributed by atoms with van der Waals surface area (Å²) in [5.41, 5.74) is 24.7. The van der Waals surface area contributed by atoms with E-state index in [1.165, 1.54) is 220 Å². The van der Waals surface area contributed by atoms with E-state index in [9.17, 15) is 5.11 Å². The van der Waals surface area contributed by atoms with Crippen molar-refractivity contribution in [1.29, 1.82) is 0 Å². The highest BCUT2D eigenvalue weighted by Crippen LogP contribution is 2.55. The van der Waals surface area contributed by atoms with Crippen LogP contribution in [0.5, 0.6) is 5.75 Å². The molecule has 0 unspecified atom stereocenters. The van der Waals surface area contributed by atoms with Crippen LogP contribution in [0.2, 0.25) is 0 Å². The summed E-state index contributed by atoms with van der Waals surface area (Å²) in [5.74, 6) is 1.19. The molecule has 748 valence electrons. The molecular weight excluding hydrogens is 1650 g/mol. The van der Waals surface area contributed by atoms with E-state index in [1.807, 2.05) is 6.07 Å². The Bertz CT molecular complexity index is 4970. The van der Waals surface area contributed by atoms with E-state index < -0.39 is 0 Å². The lowest BCUT2D eigenvalue weighted by molar-refractivity contribution is 0.113. The molecule has 0 amide bonds. The van der Waals surface area contributed by atoms with Crippen molar-refractivity contribution in [3.63, 3.8) is 0 Å². The summed E-state index contributed by atoms with van der Waals surface area (Å²) in [5, 5.41) is 9.95. The van der Waals surface area contributed by atoms with Crippen molar-refractivity contribution in [3.05, 3.63) is 203 Å². The van der Waals surface area contributed by atoms with Crippen molar-refractivity contribution in [2.45, 2.75) is 384 Å². The number of anilines is 7. The van der Waals surface area contributed by atoms with E-state index in [0.717, 1.165) is 37.7 Å². The zero-order chi connectivity index (χ0) is 98.4. The number of aromatic hydroxyl groups is 1. The van der Waals surface area contributed by atoms with Crippen LogP contribution in [-0.4, -0.2) is 188 Å². The Morgan fingerprint density at radius 1 is 0.281 bits per heavy atom. The number of para-hydroxylation sites is 7. The molecule has 11 aliphatic heterocycles. The lowest BCUT2D eigenvalue weighted by Gasteiger charge is -2.52. The van der Waals surface area contributed by atoms with Gasteiger partial charge in [0.1, 0.15) is 5.75 Å². The SMILES string of the molecule is C.CC(C)(C)CN1CCC2(CC1)CCN(C(C)(C)C)c1ccccc12.CC(C)(C)CN1CCC2(CC1)CN(C(C)(C)C)c1ccccc12.CC(C)(C)N1CCCc2cccc(O)c21.CC(C)CN1CCC2(CC1)CN(C(C)(C)C)c1ccccc12.CC1(C)CCN(C(C)(C)C)c2ccccc21.CC1(C)CN(C(C)(C)C)c2ccccc21.CN1CCC2(CC1)CN(C(C)(C)C)c1ccccc12. The van der Waals surface area contributed by atoms with Crippen molar-refractivity contribution < 1.29 is 5.11 Å². The number of phenolic OH excluding ortho intramolecular Hbond substituents is 1. The summed E-state index contributed by atoms with van der Waals surface area (Å²) in [7, 11) is 2.25. The van der Waals surface area contributed by atoms with Gasteiger partial charge in [0.15, 0.2) is 0 Å². The number of likely N-dealkylation sites (tertiary alicyclic amines) is 4. The molecule has 12 heteroatoms. The first kappa shape index (κ1) is 108. The first-order valence-corrected chi connectivity index (χ1v) is 52.8. The van der Waals surface area contributed by atoms with Crippen molar-refractivity contribution in [3.8, 4) is 5.75 Å². The number of phenols is 1. The predicted molar refractivity (Wildman–Crippen MR) is 591 cm³/mol. The van der Waals surface area contributed by atoms with Crippen LogP contribution in [0.15, 0.2) is 164 Å². The van der Waals surface area contributed by atoms with E-state index >= 15 is 0 Å². The summed E-state index contributed by atoms with van der Waals surface area (Å²) >= 11 is 0. The first-order valence-electron chi connectivity index (χ1n) is 52.8. The molecule has 11 aliphatic rings. The Morgan fingerprint density at radius 3 is 0.904 bits per heavy atom. The highest BCUT2D eigenvalue weighted by molar-refractivity contribution is 5.70. The largest absolute Gasteiger partial charge is 0.506 e. The van der Waals surface area contributed by atoms with Crippen LogP contribution in [0.25, 0.3) is 0 Å². The second kappa shape index (κ2) is 41.1. The lowest BCUT2D eigenvalue weighted by atomic mass is 9.67. The third-order valence-corrected chi connectivity index (χ3v) is 31.9. The summed E-state index contributed by atoms with van der Waals surface area (Å²) in [6.45, 7) is 98.3. The van der Waals surface area contributed by atoms with Gasteiger partial charge < -0.3 is 59.0 Å². The maximum atomic E-state index is 9.95. The maximum Gasteiger partial charge on any atom is 0.139 e. The molecule has 135 heavy (non-hydrogen) atoms.